The number of thioether (sulfide) groups is 1. The van der Waals surface area contributed by atoms with Gasteiger partial charge in [-0.25, -0.2) is 0 Å². The van der Waals surface area contributed by atoms with Crippen LogP contribution in [0.25, 0.3) is 6.08 Å². The van der Waals surface area contributed by atoms with Crippen molar-refractivity contribution in [1.82, 2.24) is 5.32 Å². The highest BCUT2D eigenvalue weighted by Crippen LogP contribution is 2.32. The second kappa shape index (κ2) is 7.32. The van der Waals surface area contributed by atoms with Crippen molar-refractivity contribution in [3.05, 3.63) is 63.0 Å². The highest BCUT2D eigenvalue weighted by Gasteiger charge is 2.27. The van der Waals surface area contributed by atoms with E-state index in [9.17, 15) is 9.90 Å². The van der Waals surface area contributed by atoms with E-state index in [-0.39, 0.29) is 17.2 Å². The van der Waals surface area contributed by atoms with E-state index in [1.165, 1.54) is 17.3 Å². The van der Waals surface area contributed by atoms with Gasteiger partial charge in [-0.05, 0) is 63.8 Å². The minimum absolute atomic E-state index is 0.105. The molecule has 3 N–H and O–H groups in total. The summed E-state index contributed by atoms with van der Waals surface area (Å²) in [6, 6.07) is 13.3. The Morgan fingerprint density at radius 2 is 2.04 bits per heavy atom. The summed E-state index contributed by atoms with van der Waals surface area (Å²) in [4.78, 5) is 12.8. The van der Waals surface area contributed by atoms with Gasteiger partial charge < -0.3 is 15.7 Å². The molecule has 0 radical (unpaired) electrons. The molecule has 2 aromatic carbocycles. The smallest absolute Gasteiger partial charge is 0.260 e. The number of phenols is 1. The fourth-order valence-electron chi connectivity index (χ4n) is 2.32. The number of carbonyl (C=O) groups excluding carboxylic acids is 1. The van der Waals surface area contributed by atoms with Crippen LogP contribution in [0.3, 0.4) is 0 Å². The third-order valence-electron chi connectivity index (χ3n) is 3.66. The second-order valence-electron chi connectivity index (χ2n) is 5.39. The van der Waals surface area contributed by atoms with Crippen LogP contribution in [0.5, 0.6) is 5.75 Å². The number of halogens is 1. The Hall–Kier alpha value is -1.92. The van der Waals surface area contributed by atoms with E-state index < -0.39 is 0 Å². The van der Waals surface area contributed by atoms with E-state index in [1.807, 2.05) is 18.2 Å². The van der Waals surface area contributed by atoms with Crippen LogP contribution in [0, 0.1) is 0 Å². The fraction of sp³-hybridized carbons (Fsp3) is 0.167. The highest BCUT2D eigenvalue weighted by molar-refractivity contribution is 9.10. The standard InChI is InChI=1S/C18H17BrN2O2S/c1-2-11-3-6-13(7-4-11)20-18-21-17(23)16(24-18)10-12-5-8-15(22)14(19)9-12/h3-10,18,20,22H,2H2,1H3,(H,21,23)/b16-10-/t18-/m1/s1. The molecule has 0 aromatic heterocycles. The number of carbonyl (C=O) groups is 1. The van der Waals surface area contributed by atoms with Crippen LogP contribution >= 0.6 is 27.7 Å². The van der Waals surface area contributed by atoms with Crippen molar-refractivity contribution in [2.45, 2.75) is 18.8 Å². The lowest BCUT2D eigenvalue weighted by atomic mass is 10.1. The first-order valence-electron chi connectivity index (χ1n) is 7.58. The topological polar surface area (TPSA) is 61.4 Å². The molecule has 6 heteroatoms. The Kier molecular flexibility index (Phi) is 5.16. The summed E-state index contributed by atoms with van der Waals surface area (Å²) in [7, 11) is 0. The fourth-order valence-corrected chi connectivity index (χ4v) is 3.70. The van der Waals surface area contributed by atoms with E-state index in [0.717, 1.165) is 17.7 Å². The molecule has 1 saturated heterocycles. The maximum absolute atomic E-state index is 12.1. The minimum atomic E-state index is -0.197. The molecule has 1 heterocycles. The summed E-state index contributed by atoms with van der Waals surface area (Å²) in [5.41, 5.74) is 2.91. The Morgan fingerprint density at radius 1 is 1.29 bits per heavy atom. The number of nitrogens with one attached hydrogen (secondary N) is 2. The molecule has 0 saturated carbocycles. The number of hydrogen-bond donors (Lipinski definition) is 3. The van der Waals surface area contributed by atoms with Crippen LogP contribution in [0.2, 0.25) is 0 Å². The average molecular weight is 405 g/mol. The number of phenolic OH excluding ortho intramolecular Hbond substituents is 1. The lowest BCUT2D eigenvalue weighted by molar-refractivity contribution is -0.116. The average Bonchev–Trinajstić information content (AvgIpc) is 2.91. The van der Waals surface area contributed by atoms with Gasteiger partial charge in [0, 0.05) is 5.69 Å². The molecule has 4 nitrogen and oxygen atoms in total. The van der Waals surface area contributed by atoms with Crippen molar-refractivity contribution in [1.29, 1.82) is 0 Å². The number of aryl methyl sites for hydroxylation is 1. The first kappa shape index (κ1) is 16.9. The van der Waals surface area contributed by atoms with Gasteiger partial charge in [0.25, 0.3) is 5.91 Å². The van der Waals surface area contributed by atoms with Crippen LogP contribution in [0.4, 0.5) is 5.69 Å². The van der Waals surface area contributed by atoms with Gasteiger partial charge in [0.15, 0.2) is 5.50 Å². The first-order valence-corrected chi connectivity index (χ1v) is 9.25. The van der Waals surface area contributed by atoms with Gasteiger partial charge in [-0.1, -0.05) is 36.9 Å². The van der Waals surface area contributed by atoms with E-state index in [1.54, 1.807) is 18.2 Å². The molecule has 1 fully saturated rings. The number of benzene rings is 2. The Bertz CT molecular complexity index is 790. The third kappa shape index (κ3) is 3.94. The van der Waals surface area contributed by atoms with Crippen LogP contribution in [-0.4, -0.2) is 16.5 Å². The predicted molar refractivity (Wildman–Crippen MR) is 103 cm³/mol. The van der Waals surface area contributed by atoms with Crippen LogP contribution in [0.15, 0.2) is 51.8 Å². The SMILES string of the molecule is CCc1ccc(N[C@@H]2NC(=O)/C(=C/c3ccc(O)c(Br)c3)S2)cc1. The Labute approximate surface area is 153 Å². The van der Waals surface area contributed by atoms with Gasteiger partial charge in [-0.15, -0.1) is 0 Å². The number of hydrogen-bond acceptors (Lipinski definition) is 4. The van der Waals surface area contributed by atoms with E-state index >= 15 is 0 Å². The molecule has 0 bridgehead atoms. The van der Waals surface area contributed by atoms with E-state index in [4.69, 9.17) is 0 Å². The van der Waals surface area contributed by atoms with Crippen molar-refractivity contribution in [2.24, 2.45) is 0 Å². The molecular weight excluding hydrogens is 388 g/mol. The molecule has 1 aliphatic heterocycles. The van der Waals surface area contributed by atoms with Crippen LogP contribution in [0.1, 0.15) is 18.1 Å². The normalized spacial score (nSPS) is 18.7. The second-order valence-corrected chi connectivity index (χ2v) is 7.39. The van der Waals surface area contributed by atoms with Crippen LogP contribution < -0.4 is 10.6 Å². The Balaban J connectivity index is 1.70. The summed E-state index contributed by atoms with van der Waals surface area (Å²) in [6.45, 7) is 2.12. The summed E-state index contributed by atoms with van der Waals surface area (Å²) >= 11 is 4.72. The number of amides is 1. The molecule has 1 atom stereocenters. The zero-order valence-corrected chi connectivity index (χ0v) is 15.4. The van der Waals surface area contributed by atoms with Crippen molar-refractivity contribution >= 4 is 45.4 Å². The third-order valence-corrected chi connectivity index (χ3v) is 5.32. The monoisotopic (exact) mass is 404 g/mol. The summed E-state index contributed by atoms with van der Waals surface area (Å²) in [5, 5.41) is 15.7. The van der Waals surface area contributed by atoms with Crippen molar-refractivity contribution in [2.75, 3.05) is 5.32 Å². The van der Waals surface area contributed by atoms with Crippen molar-refractivity contribution in [3.8, 4) is 5.75 Å². The lowest BCUT2D eigenvalue weighted by Crippen LogP contribution is -2.30. The number of anilines is 1. The van der Waals surface area contributed by atoms with Crippen LogP contribution in [-0.2, 0) is 11.2 Å². The zero-order chi connectivity index (χ0) is 17.1. The van der Waals surface area contributed by atoms with E-state index in [2.05, 4.69) is 45.6 Å². The van der Waals surface area contributed by atoms with Crippen molar-refractivity contribution in [3.63, 3.8) is 0 Å². The van der Waals surface area contributed by atoms with Gasteiger partial charge in [0.05, 0.1) is 9.38 Å². The predicted octanol–water partition coefficient (Wildman–Crippen LogP) is 4.32. The quantitative estimate of drug-likeness (QED) is 0.664. The highest BCUT2D eigenvalue weighted by atomic mass is 79.9. The maximum Gasteiger partial charge on any atom is 0.260 e. The minimum Gasteiger partial charge on any atom is -0.507 e. The number of aromatic hydroxyl groups is 1. The molecule has 0 spiro atoms. The maximum atomic E-state index is 12.1. The summed E-state index contributed by atoms with van der Waals surface area (Å²) < 4.78 is 0.603. The molecule has 24 heavy (non-hydrogen) atoms. The molecule has 0 unspecified atom stereocenters. The Morgan fingerprint density at radius 3 is 2.71 bits per heavy atom. The largest absolute Gasteiger partial charge is 0.507 e. The van der Waals surface area contributed by atoms with Gasteiger partial charge in [0.1, 0.15) is 5.75 Å². The number of rotatable bonds is 4. The molecule has 0 aliphatic carbocycles. The first-order chi connectivity index (χ1) is 11.5. The molecule has 3 rings (SSSR count). The summed E-state index contributed by atoms with van der Waals surface area (Å²) in [5.74, 6) is 0.0719. The summed E-state index contributed by atoms with van der Waals surface area (Å²) in [6.07, 6.45) is 2.82. The van der Waals surface area contributed by atoms with Gasteiger partial charge in [0.2, 0.25) is 0 Å². The zero-order valence-electron chi connectivity index (χ0n) is 13.0. The molecular formula is C18H17BrN2O2S. The molecule has 1 amide bonds. The van der Waals surface area contributed by atoms with Gasteiger partial charge >= 0.3 is 0 Å². The molecule has 124 valence electrons. The molecule has 1 aliphatic rings. The van der Waals surface area contributed by atoms with Gasteiger partial charge in [-0.3, -0.25) is 4.79 Å². The van der Waals surface area contributed by atoms with E-state index in [0.29, 0.717) is 9.38 Å². The van der Waals surface area contributed by atoms with Crippen molar-refractivity contribution < 1.29 is 9.90 Å². The molecule has 2 aromatic rings. The van der Waals surface area contributed by atoms with Gasteiger partial charge in [-0.2, -0.15) is 0 Å². The lowest BCUT2D eigenvalue weighted by Gasteiger charge is -2.12.